The average molecular weight is 405 g/mol. The van der Waals surface area contributed by atoms with E-state index in [9.17, 15) is 23.1 Å². The molecule has 152 valence electrons. The number of hydrogen-bond donors (Lipinski definition) is 3. The lowest BCUT2D eigenvalue weighted by Gasteiger charge is -2.34. The van der Waals surface area contributed by atoms with Gasteiger partial charge in [-0.1, -0.05) is 0 Å². The zero-order valence-corrected chi connectivity index (χ0v) is 15.4. The van der Waals surface area contributed by atoms with Crippen molar-refractivity contribution in [1.29, 1.82) is 0 Å². The van der Waals surface area contributed by atoms with E-state index in [0.717, 1.165) is 0 Å². The number of halogens is 3. The number of amides is 1. The van der Waals surface area contributed by atoms with Crippen molar-refractivity contribution in [2.45, 2.75) is 19.1 Å². The van der Waals surface area contributed by atoms with Gasteiger partial charge >= 0.3 is 6.18 Å². The largest absolute Gasteiger partial charge is 0.508 e. The van der Waals surface area contributed by atoms with Crippen LogP contribution in [0.15, 0.2) is 30.3 Å². The summed E-state index contributed by atoms with van der Waals surface area (Å²) in [5, 5.41) is 19.3. The van der Waals surface area contributed by atoms with Gasteiger partial charge in [0.25, 0.3) is 5.91 Å². The monoisotopic (exact) mass is 405 g/mol. The van der Waals surface area contributed by atoms with Crippen LogP contribution in [0.4, 0.5) is 13.2 Å². The first-order chi connectivity index (χ1) is 13.7. The molecule has 1 aromatic carbocycles. The Morgan fingerprint density at radius 1 is 1.28 bits per heavy atom. The molecule has 0 spiro atoms. The van der Waals surface area contributed by atoms with Gasteiger partial charge < -0.3 is 15.3 Å². The highest BCUT2D eigenvalue weighted by atomic mass is 19.4. The Morgan fingerprint density at radius 2 is 2.00 bits per heavy atom. The van der Waals surface area contributed by atoms with Crippen LogP contribution < -0.4 is 5.32 Å². The standard InChI is InChI=1S/C19H18F3N5O2/c1-10-16-13(18(29)27-7-6-23-15(9-27)19(20,21)22)8-14(24-17(16)26-25-10)11-2-4-12(28)5-3-11/h2-5,8,15,23,28H,6-7,9H2,1H3,(H,24,25,26). The molecule has 7 nitrogen and oxygen atoms in total. The Morgan fingerprint density at radius 3 is 2.69 bits per heavy atom. The van der Waals surface area contributed by atoms with Crippen LogP contribution in [0.3, 0.4) is 0 Å². The number of nitrogens with zero attached hydrogens (tertiary/aromatic N) is 3. The number of aromatic nitrogens is 3. The van der Waals surface area contributed by atoms with Gasteiger partial charge in [0.2, 0.25) is 0 Å². The lowest BCUT2D eigenvalue weighted by Crippen LogP contribution is -2.58. The zero-order valence-electron chi connectivity index (χ0n) is 15.4. The first kappa shape index (κ1) is 19.2. The first-order valence-corrected chi connectivity index (χ1v) is 8.98. The number of carbonyl (C=O) groups excluding carboxylic acids is 1. The third-order valence-electron chi connectivity index (χ3n) is 4.96. The summed E-state index contributed by atoms with van der Waals surface area (Å²) < 4.78 is 39.4. The molecule has 0 radical (unpaired) electrons. The number of phenolic OH excluding ortho intramolecular Hbond substituents is 1. The molecule has 1 saturated heterocycles. The quantitative estimate of drug-likeness (QED) is 0.609. The molecule has 1 fully saturated rings. The number of aromatic hydroxyl groups is 1. The van der Waals surface area contributed by atoms with E-state index in [4.69, 9.17) is 0 Å². The number of nitrogens with one attached hydrogen (secondary N) is 2. The summed E-state index contributed by atoms with van der Waals surface area (Å²) in [7, 11) is 0. The van der Waals surface area contributed by atoms with Gasteiger partial charge in [0.05, 0.1) is 16.6 Å². The van der Waals surface area contributed by atoms with E-state index in [0.29, 0.717) is 28.0 Å². The summed E-state index contributed by atoms with van der Waals surface area (Å²) in [5.74, 6) is -0.418. The van der Waals surface area contributed by atoms with Crippen molar-refractivity contribution in [3.05, 3.63) is 41.6 Å². The molecule has 1 unspecified atom stereocenters. The molecule has 1 aliphatic heterocycles. The van der Waals surface area contributed by atoms with Gasteiger partial charge in [0, 0.05) is 30.9 Å². The minimum absolute atomic E-state index is 0.0549. The first-order valence-electron chi connectivity index (χ1n) is 8.98. The number of rotatable bonds is 2. The number of benzene rings is 1. The summed E-state index contributed by atoms with van der Waals surface area (Å²) in [6, 6.07) is 6.05. The Kier molecular flexibility index (Phi) is 4.65. The van der Waals surface area contributed by atoms with Gasteiger partial charge in [-0.15, -0.1) is 0 Å². The van der Waals surface area contributed by atoms with Crippen LogP contribution in [-0.2, 0) is 0 Å². The highest BCUT2D eigenvalue weighted by molar-refractivity contribution is 6.07. The zero-order chi connectivity index (χ0) is 20.8. The van der Waals surface area contributed by atoms with Crippen molar-refractivity contribution < 1.29 is 23.1 Å². The number of aryl methyl sites for hydroxylation is 1. The van der Waals surface area contributed by atoms with Crippen LogP contribution in [0.1, 0.15) is 16.1 Å². The lowest BCUT2D eigenvalue weighted by atomic mass is 10.0. The molecule has 1 aliphatic rings. The van der Waals surface area contributed by atoms with E-state index in [-0.39, 0.29) is 24.4 Å². The van der Waals surface area contributed by atoms with Crippen LogP contribution in [0.5, 0.6) is 5.75 Å². The summed E-state index contributed by atoms with van der Waals surface area (Å²) in [4.78, 5) is 18.9. The molecule has 0 aliphatic carbocycles. The highest BCUT2D eigenvalue weighted by Crippen LogP contribution is 2.29. The predicted molar refractivity (Wildman–Crippen MR) is 99.5 cm³/mol. The Bertz CT molecular complexity index is 1060. The molecular formula is C19H18F3N5O2. The summed E-state index contributed by atoms with van der Waals surface area (Å²) in [6.45, 7) is 1.49. The third-order valence-corrected chi connectivity index (χ3v) is 4.96. The van der Waals surface area contributed by atoms with E-state index >= 15 is 0 Å². The number of fused-ring (bicyclic) bond motifs is 1. The SMILES string of the molecule is Cc1[nH]nc2nc(-c3ccc(O)cc3)cc(C(=O)N3CCNC(C(F)(F)F)C3)c12. The van der Waals surface area contributed by atoms with Crippen LogP contribution in [0, 0.1) is 6.92 Å². The molecule has 29 heavy (non-hydrogen) atoms. The van der Waals surface area contributed by atoms with Crippen LogP contribution >= 0.6 is 0 Å². The maximum absolute atomic E-state index is 13.2. The van der Waals surface area contributed by atoms with Crippen molar-refractivity contribution in [2.24, 2.45) is 0 Å². The van der Waals surface area contributed by atoms with Crippen molar-refractivity contribution >= 4 is 16.9 Å². The molecular weight excluding hydrogens is 387 g/mol. The number of aromatic amines is 1. The molecule has 1 atom stereocenters. The van der Waals surface area contributed by atoms with Crippen molar-refractivity contribution in [2.75, 3.05) is 19.6 Å². The summed E-state index contributed by atoms with van der Waals surface area (Å²) in [5.41, 5.74) is 2.24. The fourth-order valence-electron chi connectivity index (χ4n) is 3.45. The van der Waals surface area contributed by atoms with E-state index in [1.807, 2.05) is 0 Å². The Hall–Kier alpha value is -3.14. The van der Waals surface area contributed by atoms with Crippen LogP contribution in [-0.4, -0.2) is 62.9 Å². The van der Waals surface area contributed by atoms with Gasteiger partial charge in [-0.05, 0) is 37.3 Å². The van der Waals surface area contributed by atoms with E-state index in [1.165, 1.54) is 17.0 Å². The minimum Gasteiger partial charge on any atom is -0.508 e. The van der Waals surface area contributed by atoms with Crippen LogP contribution in [0.25, 0.3) is 22.3 Å². The normalized spacial score (nSPS) is 17.7. The second-order valence-corrected chi connectivity index (χ2v) is 6.95. The van der Waals surface area contributed by atoms with Crippen LogP contribution in [0.2, 0.25) is 0 Å². The fraction of sp³-hybridized carbons (Fsp3) is 0.316. The van der Waals surface area contributed by atoms with Crippen molar-refractivity contribution in [1.82, 2.24) is 25.4 Å². The summed E-state index contributed by atoms with van der Waals surface area (Å²) in [6.07, 6.45) is -4.44. The summed E-state index contributed by atoms with van der Waals surface area (Å²) >= 11 is 0. The minimum atomic E-state index is -4.44. The number of carbonyl (C=O) groups is 1. The number of pyridine rings is 1. The van der Waals surface area contributed by atoms with E-state index in [1.54, 1.807) is 25.1 Å². The van der Waals surface area contributed by atoms with Crippen molar-refractivity contribution in [3.8, 4) is 17.0 Å². The Labute approximate surface area is 163 Å². The number of piperazine rings is 1. The van der Waals surface area contributed by atoms with E-state index in [2.05, 4.69) is 20.5 Å². The molecule has 0 saturated carbocycles. The van der Waals surface area contributed by atoms with Gasteiger partial charge in [-0.3, -0.25) is 9.89 Å². The van der Waals surface area contributed by atoms with Gasteiger partial charge in [-0.2, -0.15) is 18.3 Å². The molecule has 3 aromatic rings. The van der Waals surface area contributed by atoms with E-state index < -0.39 is 24.7 Å². The molecule has 1 amide bonds. The molecule has 3 N–H and O–H groups in total. The second-order valence-electron chi connectivity index (χ2n) is 6.95. The number of phenols is 1. The maximum Gasteiger partial charge on any atom is 0.405 e. The molecule has 3 heterocycles. The van der Waals surface area contributed by atoms with Crippen molar-refractivity contribution in [3.63, 3.8) is 0 Å². The van der Waals surface area contributed by atoms with Gasteiger partial charge in [0.1, 0.15) is 11.8 Å². The maximum atomic E-state index is 13.2. The highest BCUT2D eigenvalue weighted by Gasteiger charge is 2.43. The molecule has 0 bridgehead atoms. The second kappa shape index (κ2) is 7.03. The molecule has 2 aromatic heterocycles. The number of alkyl halides is 3. The average Bonchev–Trinajstić information content (AvgIpc) is 3.08. The molecule has 4 rings (SSSR count). The smallest absolute Gasteiger partial charge is 0.405 e. The predicted octanol–water partition coefficient (Wildman–Crippen LogP) is 2.62. The van der Waals surface area contributed by atoms with Gasteiger partial charge in [-0.25, -0.2) is 4.98 Å². The fourth-order valence-corrected chi connectivity index (χ4v) is 3.45. The molecule has 10 heteroatoms. The lowest BCUT2D eigenvalue weighted by molar-refractivity contribution is -0.162. The topological polar surface area (TPSA) is 94.1 Å². The third kappa shape index (κ3) is 3.63. The number of hydrogen-bond acceptors (Lipinski definition) is 5. The number of H-pyrrole nitrogens is 1. The Balaban J connectivity index is 1.76. The van der Waals surface area contributed by atoms with Gasteiger partial charge in [0.15, 0.2) is 5.65 Å².